The first-order valence-corrected chi connectivity index (χ1v) is 6.67. The van der Waals surface area contributed by atoms with Crippen LogP contribution in [-0.4, -0.2) is 25.7 Å². The van der Waals surface area contributed by atoms with Gasteiger partial charge in [-0.15, -0.1) is 0 Å². The van der Waals surface area contributed by atoms with Gasteiger partial charge in [0.1, 0.15) is 11.5 Å². The number of nitrogens with zero attached hydrogens (tertiary/aromatic N) is 1. The zero-order chi connectivity index (χ0) is 14.4. The summed E-state index contributed by atoms with van der Waals surface area (Å²) in [5, 5.41) is 3.85. The van der Waals surface area contributed by atoms with Crippen LogP contribution in [0.1, 0.15) is 5.69 Å². The minimum atomic E-state index is 0.550. The zero-order valence-corrected chi connectivity index (χ0v) is 12.3. The van der Waals surface area contributed by atoms with E-state index in [9.17, 15) is 0 Å². The van der Waals surface area contributed by atoms with Gasteiger partial charge in [-0.1, -0.05) is 17.7 Å². The Morgan fingerprint density at radius 3 is 2.60 bits per heavy atom. The lowest BCUT2D eigenvalue weighted by Crippen LogP contribution is -2.07. The second kappa shape index (κ2) is 7.01. The van der Waals surface area contributed by atoms with Gasteiger partial charge in [0.25, 0.3) is 0 Å². The van der Waals surface area contributed by atoms with Crippen molar-refractivity contribution in [3.63, 3.8) is 0 Å². The van der Waals surface area contributed by atoms with Crippen LogP contribution >= 0.6 is 11.6 Å². The molecule has 0 amide bonds. The molecule has 0 spiro atoms. The fraction of sp³-hybridized carbons (Fsp3) is 0.267. The van der Waals surface area contributed by atoms with Crippen molar-refractivity contribution in [1.29, 1.82) is 0 Å². The van der Waals surface area contributed by atoms with Gasteiger partial charge >= 0.3 is 0 Å². The van der Waals surface area contributed by atoms with E-state index in [2.05, 4.69) is 10.3 Å². The van der Waals surface area contributed by atoms with E-state index in [1.165, 1.54) is 0 Å². The largest absolute Gasteiger partial charge is 0.495 e. The fourth-order valence-electron chi connectivity index (χ4n) is 1.87. The molecule has 4 nitrogen and oxygen atoms in total. The Kier molecular flexibility index (Phi) is 5.07. The van der Waals surface area contributed by atoms with Crippen molar-refractivity contribution in [2.24, 2.45) is 0 Å². The van der Waals surface area contributed by atoms with Gasteiger partial charge in [0.15, 0.2) is 0 Å². The molecule has 0 aliphatic rings. The quantitative estimate of drug-likeness (QED) is 0.886. The molecule has 20 heavy (non-hydrogen) atoms. The summed E-state index contributed by atoms with van der Waals surface area (Å²) < 4.78 is 10.5. The van der Waals surface area contributed by atoms with Crippen LogP contribution in [0.15, 0.2) is 36.5 Å². The highest BCUT2D eigenvalue weighted by atomic mass is 35.5. The second-order valence-electron chi connectivity index (χ2n) is 4.18. The van der Waals surface area contributed by atoms with Crippen LogP contribution in [0.2, 0.25) is 5.02 Å². The lowest BCUT2D eigenvalue weighted by molar-refractivity contribution is 0.395. The van der Waals surface area contributed by atoms with Gasteiger partial charge in [-0.05, 0) is 18.2 Å². The Morgan fingerprint density at radius 1 is 1.15 bits per heavy atom. The van der Waals surface area contributed by atoms with E-state index in [-0.39, 0.29) is 0 Å². The SMILES string of the molecule is COc1cc(OC)c(NCCc2ccccn2)cc1Cl. The molecule has 1 aromatic heterocycles. The molecule has 0 fully saturated rings. The summed E-state index contributed by atoms with van der Waals surface area (Å²) in [6.45, 7) is 0.746. The molecule has 106 valence electrons. The fourth-order valence-corrected chi connectivity index (χ4v) is 2.11. The Hall–Kier alpha value is -1.94. The summed E-state index contributed by atoms with van der Waals surface area (Å²) in [5.41, 5.74) is 1.88. The smallest absolute Gasteiger partial charge is 0.145 e. The third kappa shape index (κ3) is 3.54. The number of methoxy groups -OCH3 is 2. The average molecular weight is 293 g/mol. The van der Waals surface area contributed by atoms with Crippen molar-refractivity contribution < 1.29 is 9.47 Å². The van der Waals surface area contributed by atoms with E-state index in [1.807, 2.05) is 18.2 Å². The molecule has 2 aromatic rings. The van der Waals surface area contributed by atoms with E-state index in [1.54, 1.807) is 32.5 Å². The Labute approximate surface area is 123 Å². The second-order valence-corrected chi connectivity index (χ2v) is 4.59. The van der Waals surface area contributed by atoms with E-state index < -0.39 is 0 Å². The predicted molar refractivity (Wildman–Crippen MR) is 81.0 cm³/mol. The first kappa shape index (κ1) is 14.5. The van der Waals surface area contributed by atoms with E-state index in [4.69, 9.17) is 21.1 Å². The molecule has 2 rings (SSSR count). The maximum absolute atomic E-state index is 6.12. The van der Waals surface area contributed by atoms with Crippen molar-refractivity contribution in [1.82, 2.24) is 4.98 Å². The number of aromatic nitrogens is 1. The van der Waals surface area contributed by atoms with Crippen molar-refractivity contribution in [3.8, 4) is 11.5 Å². The topological polar surface area (TPSA) is 43.4 Å². The predicted octanol–water partition coefficient (Wildman–Crippen LogP) is 3.41. The summed E-state index contributed by atoms with van der Waals surface area (Å²) in [7, 11) is 3.20. The molecule has 0 saturated carbocycles. The molecule has 0 atom stereocenters. The zero-order valence-electron chi connectivity index (χ0n) is 11.5. The van der Waals surface area contributed by atoms with Crippen LogP contribution in [0.4, 0.5) is 5.69 Å². The number of pyridine rings is 1. The highest BCUT2D eigenvalue weighted by Crippen LogP contribution is 2.35. The normalized spacial score (nSPS) is 10.2. The summed E-state index contributed by atoms with van der Waals surface area (Å²) in [5.74, 6) is 1.30. The maximum Gasteiger partial charge on any atom is 0.145 e. The lowest BCUT2D eigenvalue weighted by Gasteiger charge is -2.13. The third-order valence-electron chi connectivity index (χ3n) is 2.90. The number of benzene rings is 1. The molecule has 1 heterocycles. The minimum absolute atomic E-state index is 0.550. The summed E-state index contributed by atoms with van der Waals surface area (Å²) in [6.07, 6.45) is 2.62. The maximum atomic E-state index is 6.12. The molecule has 0 aliphatic carbocycles. The van der Waals surface area contributed by atoms with E-state index >= 15 is 0 Å². The summed E-state index contributed by atoms with van der Waals surface area (Å²) >= 11 is 6.12. The standard InChI is InChI=1S/C15H17ClN2O2/c1-19-14-10-15(20-2)13(9-12(14)16)18-8-6-11-5-3-4-7-17-11/h3-5,7,9-10,18H,6,8H2,1-2H3. The molecular weight excluding hydrogens is 276 g/mol. The molecule has 0 radical (unpaired) electrons. The Balaban J connectivity index is 2.03. The van der Waals surface area contributed by atoms with Gasteiger partial charge in [-0.2, -0.15) is 0 Å². The Bertz CT molecular complexity index is 561. The molecule has 5 heteroatoms. The van der Waals surface area contributed by atoms with Gasteiger partial charge < -0.3 is 14.8 Å². The molecule has 1 aromatic carbocycles. The number of anilines is 1. The Morgan fingerprint density at radius 2 is 1.95 bits per heavy atom. The minimum Gasteiger partial charge on any atom is -0.495 e. The molecular formula is C15H17ClN2O2. The first-order valence-electron chi connectivity index (χ1n) is 6.30. The van der Waals surface area contributed by atoms with Crippen molar-refractivity contribution in [2.75, 3.05) is 26.1 Å². The molecule has 0 saturated heterocycles. The number of nitrogens with one attached hydrogen (secondary N) is 1. The van der Waals surface area contributed by atoms with Crippen LogP contribution in [-0.2, 0) is 6.42 Å². The van der Waals surface area contributed by atoms with Crippen molar-refractivity contribution >= 4 is 17.3 Å². The summed E-state index contributed by atoms with van der Waals surface area (Å²) in [6, 6.07) is 9.46. The monoisotopic (exact) mass is 292 g/mol. The van der Waals surface area contributed by atoms with Crippen LogP contribution in [0.5, 0.6) is 11.5 Å². The van der Waals surface area contributed by atoms with Crippen LogP contribution in [0.3, 0.4) is 0 Å². The number of hydrogen-bond donors (Lipinski definition) is 1. The number of rotatable bonds is 6. The summed E-state index contributed by atoms with van der Waals surface area (Å²) in [4.78, 5) is 4.28. The van der Waals surface area contributed by atoms with Crippen molar-refractivity contribution in [3.05, 3.63) is 47.2 Å². The van der Waals surface area contributed by atoms with Crippen LogP contribution in [0.25, 0.3) is 0 Å². The van der Waals surface area contributed by atoms with Gasteiger partial charge in [0, 0.05) is 30.9 Å². The number of hydrogen-bond acceptors (Lipinski definition) is 4. The molecule has 0 unspecified atom stereocenters. The third-order valence-corrected chi connectivity index (χ3v) is 3.19. The number of ether oxygens (including phenoxy) is 2. The van der Waals surface area contributed by atoms with Gasteiger partial charge in [-0.25, -0.2) is 0 Å². The van der Waals surface area contributed by atoms with Crippen molar-refractivity contribution in [2.45, 2.75) is 6.42 Å². The van der Waals surface area contributed by atoms with E-state index in [0.29, 0.717) is 16.5 Å². The van der Waals surface area contributed by atoms with Gasteiger partial charge in [-0.3, -0.25) is 4.98 Å². The molecule has 0 aliphatic heterocycles. The lowest BCUT2D eigenvalue weighted by atomic mass is 10.2. The molecule has 0 bridgehead atoms. The van der Waals surface area contributed by atoms with E-state index in [0.717, 1.165) is 24.3 Å². The highest BCUT2D eigenvalue weighted by molar-refractivity contribution is 6.32. The van der Waals surface area contributed by atoms with Crippen LogP contribution < -0.4 is 14.8 Å². The average Bonchev–Trinajstić information content (AvgIpc) is 2.48. The highest BCUT2D eigenvalue weighted by Gasteiger charge is 2.09. The van der Waals surface area contributed by atoms with Gasteiger partial charge in [0.2, 0.25) is 0 Å². The van der Waals surface area contributed by atoms with Gasteiger partial charge in [0.05, 0.1) is 24.9 Å². The van der Waals surface area contributed by atoms with Crippen LogP contribution in [0, 0.1) is 0 Å². The molecule has 1 N–H and O–H groups in total. The first-order chi connectivity index (χ1) is 9.74. The number of halogens is 1.